The SMILES string of the molecule is Cc1nc(Oc2ccc(Br)c3ccccc23)c(C(=O)/C=C/N(C)C)s1. The number of hydrogen-bond acceptors (Lipinski definition) is 5. The summed E-state index contributed by atoms with van der Waals surface area (Å²) in [5, 5.41) is 2.80. The standard InChI is InChI=1S/C19H17BrN2O2S/c1-12-21-19(18(25-12)16(23)10-11-22(2)3)24-17-9-8-15(20)13-6-4-5-7-14(13)17/h4-11H,1-3H3/b11-10+. The fraction of sp³-hybridized carbons (Fsp3) is 0.158. The molecule has 0 aliphatic heterocycles. The van der Waals surface area contributed by atoms with Crippen molar-refractivity contribution >= 4 is 43.8 Å². The second-order valence-electron chi connectivity index (χ2n) is 5.70. The minimum absolute atomic E-state index is 0.115. The molecule has 0 bridgehead atoms. The van der Waals surface area contributed by atoms with Crippen LogP contribution in [-0.2, 0) is 0 Å². The first-order valence-electron chi connectivity index (χ1n) is 7.67. The van der Waals surface area contributed by atoms with Gasteiger partial charge in [0, 0.05) is 36.2 Å². The Morgan fingerprint density at radius 3 is 2.64 bits per heavy atom. The van der Waals surface area contributed by atoms with Gasteiger partial charge in [0.2, 0.25) is 11.7 Å². The molecule has 0 unspecified atom stereocenters. The van der Waals surface area contributed by atoms with Crippen LogP contribution < -0.4 is 4.74 Å². The molecule has 0 amide bonds. The number of nitrogens with zero attached hydrogens (tertiary/aromatic N) is 2. The lowest BCUT2D eigenvalue weighted by Gasteiger charge is -2.09. The van der Waals surface area contributed by atoms with E-state index < -0.39 is 0 Å². The number of aromatic nitrogens is 1. The molecule has 0 saturated heterocycles. The number of rotatable bonds is 5. The molecular weight excluding hydrogens is 400 g/mol. The molecule has 0 fully saturated rings. The minimum atomic E-state index is -0.115. The number of thiazole rings is 1. The molecule has 128 valence electrons. The second-order valence-corrected chi connectivity index (χ2v) is 7.76. The Balaban J connectivity index is 2.00. The predicted molar refractivity (Wildman–Crippen MR) is 106 cm³/mol. The maximum absolute atomic E-state index is 12.5. The van der Waals surface area contributed by atoms with E-state index in [9.17, 15) is 4.79 Å². The Bertz CT molecular complexity index is 963. The van der Waals surface area contributed by atoms with Crippen LogP contribution in [0.25, 0.3) is 10.8 Å². The normalized spacial score (nSPS) is 11.2. The first-order valence-corrected chi connectivity index (χ1v) is 9.28. The molecule has 6 heteroatoms. The van der Waals surface area contributed by atoms with E-state index in [1.54, 1.807) is 6.20 Å². The molecule has 1 heterocycles. The van der Waals surface area contributed by atoms with Crippen LogP contribution in [-0.4, -0.2) is 29.8 Å². The molecule has 0 atom stereocenters. The van der Waals surface area contributed by atoms with Gasteiger partial charge in [0.05, 0.1) is 5.01 Å². The molecule has 0 aliphatic rings. The van der Waals surface area contributed by atoms with Gasteiger partial charge in [-0.15, -0.1) is 11.3 Å². The number of ether oxygens (including phenoxy) is 1. The molecule has 25 heavy (non-hydrogen) atoms. The fourth-order valence-electron chi connectivity index (χ4n) is 2.35. The summed E-state index contributed by atoms with van der Waals surface area (Å²) in [6, 6.07) is 11.8. The summed E-state index contributed by atoms with van der Waals surface area (Å²) in [5.74, 6) is 0.911. The molecule has 1 aromatic heterocycles. The van der Waals surface area contributed by atoms with Gasteiger partial charge in [-0.3, -0.25) is 4.79 Å². The Kier molecular flexibility index (Phi) is 5.20. The number of ketones is 1. The first-order chi connectivity index (χ1) is 12.0. The van der Waals surface area contributed by atoms with E-state index >= 15 is 0 Å². The third-order valence-electron chi connectivity index (χ3n) is 3.49. The minimum Gasteiger partial charge on any atom is -0.437 e. The van der Waals surface area contributed by atoms with Crippen LogP contribution in [0.3, 0.4) is 0 Å². The highest BCUT2D eigenvalue weighted by molar-refractivity contribution is 9.10. The largest absolute Gasteiger partial charge is 0.437 e. The van der Waals surface area contributed by atoms with E-state index in [-0.39, 0.29) is 5.78 Å². The third kappa shape index (κ3) is 3.91. The van der Waals surface area contributed by atoms with E-state index in [0.717, 1.165) is 20.3 Å². The van der Waals surface area contributed by atoms with Crippen molar-refractivity contribution in [3.8, 4) is 11.6 Å². The van der Waals surface area contributed by atoms with Crippen molar-refractivity contribution in [3.05, 3.63) is 63.0 Å². The van der Waals surface area contributed by atoms with E-state index in [4.69, 9.17) is 4.74 Å². The number of carbonyl (C=O) groups excluding carboxylic acids is 1. The Morgan fingerprint density at radius 1 is 1.20 bits per heavy atom. The zero-order chi connectivity index (χ0) is 18.0. The number of carbonyl (C=O) groups is 1. The Labute approximate surface area is 158 Å². The lowest BCUT2D eigenvalue weighted by atomic mass is 10.1. The average molecular weight is 417 g/mol. The molecular formula is C19H17BrN2O2S. The predicted octanol–water partition coefficient (Wildman–Crippen LogP) is 5.42. The summed E-state index contributed by atoms with van der Waals surface area (Å²) in [5.41, 5.74) is 0. The van der Waals surface area contributed by atoms with E-state index in [1.165, 1.54) is 17.4 Å². The summed E-state index contributed by atoms with van der Waals surface area (Å²) < 4.78 is 7.03. The van der Waals surface area contributed by atoms with Crippen molar-refractivity contribution in [2.75, 3.05) is 14.1 Å². The van der Waals surface area contributed by atoms with Gasteiger partial charge in [0.25, 0.3) is 0 Å². The average Bonchev–Trinajstić information content (AvgIpc) is 2.96. The van der Waals surface area contributed by atoms with Crippen LogP contribution in [0.5, 0.6) is 11.6 Å². The molecule has 3 aromatic rings. The lowest BCUT2D eigenvalue weighted by molar-refractivity contribution is 0.104. The van der Waals surface area contributed by atoms with E-state index in [1.807, 2.05) is 62.3 Å². The van der Waals surface area contributed by atoms with Gasteiger partial charge in [-0.25, -0.2) is 4.98 Å². The zero-order valence-electron chi connectivity index (χ0n) is 14.1. The molecule has 4 nitrogen and oxygen atoms in total. The van der Waals surface area contributed by atoms with Crippen molar-refractivity contribution in [1.29, 1.82) is 0 Å². The van der Waals surface area contributed by atoms with Crippen molar-refractivity contribution in [2.24, 2.45) is 0 Å². The number of hydrogen-bond donors (Lipinski definition) is 0. The summed E-state index contributed by atoms with van der Waals surface area (Å²) in [7, 11) is 3.74. The summed E-state index contributed by atoms with van der Waals surface area (Å²) >= 11 is 4.89. The van der Waals surface area contributed by atoms with Crippen LogP contribution in [0.15, 0.2) is 53.1 Å². The highest BCUT2D eigenvalue weighted by Crippen LogP contribution is 2.36. The summed E-state index contributed by atoms with van der Waals surface area (Å²) in [4.78, 5) is 19.2. The molecule has 0 aliphatic carbocycles. The van der Waals surface area contributed by atoms with Gasteiger partial charge in [0.1, 0.15) is 10.6 Å². The topological polar surface area (TPSA) is 42.4 Å². The van der Waals surface area contributed by atoms with Crippen LogP contribution in [0, 0.1) is 6.92 Å². The maximum Gasteiger partial charge on any atom is 0.241 e. The monoisotopic (exact) mass is 416 g/mol. The van der Waals surface area contributed by atoms with Crippen LogP contribution in [0.4, 0.5) is 0 Å². The first kappa shape index (κ1) is 17.6. The van der Waals surface area contributed by atoms with Gasteiger partial charge in [0.15, 0.2) is 0 Å². The molecule has 0 saturated carbocycles. The van der Waals surface area contributed by atoms with Crippen molar-refractivity contribution < 1.29 is 9.53 Å². The van der Waals surface area contributed by atoms with E-state index in [2.05, 4.69) is 20.9 Å². The molecule has 0 spiro atoms. The van der Waals surface area contributed by atoms with Gasteiger partial charge < -0.3 is 9.64 Å². The number of benzene rings is 2. The lowest BCUT2D eigenvalue weighted by Crippen LogP contribution is -2.03. The maximum atomic E-state index is 12.5. The quantitative estimate of drug-likeness (QED) is 0.411. The summed E-state index contributed by atoms with van der Waals surface area (Å²) in [6.45, 7) is 1.86. The van der Waals surface area contributed by atoms with Crippen LogP contribution in [0.2, 0.25) is 0 Å². The number of halogens is 1. The van der Waals surface area contributed by atoms with Gasteiger partial charge in [-0.2, -0.15) is 0 Å². The molecule has 0 N–H and O–H groups in total. The van der Waals surface area contributed by atoms with Crippen molar-refractivity contribution in [3.63, 3.8) is 0 Å². The fourth-order valence-corrected chi connectivity index (χ4v) is 3.60. The van der Waals surface area contributed by atoms with Crippen molar-refractivity contribution in [2.45, 2.75) is 6.92 Å². The van der Waals surface area contributed by atoms with Gasteiger partial charge in [-0.05, 0) is 24.4 Å². The van der Waals surface area contributed by atoms with E-state index in [0.29, 0.717) is 16.5 Å². The smallest absolute Gasteiger partial charge is 0.241 e. The van der Waals surface area contributed by atoms with Crippen LogP contribution in [0.1, 0.15) is 14.7 Å². The number of allylic oxidation sites excluding steroid dienone is 1. The van der Waals surface area contributed by atoms with Crippen LogP contribution >= 0.6 is 27.3 Å². The van der Waals surface area contributed by atoms with Gasteiger partial charge >= 0.3 is 0 Å². The summed E-state index contributed by atoms with van der Waals surface area (Å²) in [6.07, 6.45) is 3.25. The Hall–Kier alpha value is -2.18. The number of fused-ring (bicyclic) bond motifs is 1. The van der Waals surface area contributed by atoms with Gasteiger partial charge in [-0.1, -0.05) is 40.2 Å². The van der Waals surface area contributed by atoms with Crippen molar-refractivity contribution in [1.82, 2.24) is 9.88 Å². The second kappa shape index (κ2) is 7.37. The molecule has 2 aromatic carbocycles. The molecule has 0 radical (unpaired) electrons. The molecule has 3 rings (SSSR count). The zero-order valence-corrected chi connectivity index (χ0v) is 16.5. The number of aryl methyl sites for hydroxylation is 1. The highest BCUT2D eigenvalue weighted by Gasteiger charge is 2.18. The Morgan fingerprint density at radius 2 is 1.92 bits per heavy atom. The highest BCUT2D eigenvalue weighted by atomic mass is 79.9. The third-order valence-corrected chi connectivity index (χ3v) is 5.15.